The molecule has 0 bridgehead atoms. The Labute approximate surface area is 112 Å². The quantitative estimate of drug-likeness (QED) is 0.281. The van der Waals surface area contributed by atoms with Crippen molar-refractivity contribution in [1.82, 2.24) is 9.62 Å². The van der Waals surface area contributed by atoms with Crippen LogP contribution in [0.2, 0.25) is 0 Å². The van der Waals surface area contributed by atoms with E-state index in [1.807, 2.05) is 32.0 Å². The molecular weight excluding hydrogens is 252 g/mol. The molecule has 0 saturated carbocycles. The molecule has 5 nitrogen and oxygen atoms in total. The van der Waals surface area contributed by atoms with Gasteiger partial charge in [-0.25, -0.2) is 4.72 Å². The smallest absolute Gasteiger partial charge is 0.237 e. The zero-order valence-electron chi connectivity index (χ0n) is 11.0. The minimum Gasteiger partial charge on any atom is -0.348 e. The molecule has 1 rings (SSSR count). The van der Waals surface area contributed by atoms with Crippen molar-refractivity contribution in [2.24, 2.45) is 0 Å². The van der Waals surface area contributed by atoms with Crippen molar-refractivity contribution in [3.05, 3.63) is 29.3 Å². The summed E-state index contributed by atoms with van der Waals surface area (Å²) in [6.45, 7) is 4.22. The first-order valence-corrected chi connectivity index (χ1v) is 6.25. The summed E-state index contributed by atoms with van der Waals surface area (Å²) in [6.07, 6.45) is 0. The van der Waals surface area contributed by atoms with Gasteiger partial charge in [-0.3, -0.25) is 4.79 Å². The SMILES string of the molecule is Cc1ccc(OOSNCC(=O)N(C)C)cc1C. The van der Waals surface area contributed by atoms with E-state index < -0.39 is 0 Å². The van der Waals surface area contributed by atoms with Crippen LogP contribution in [0.3, 0.4) is 0 Å². The maximum atomic E-state index is 11.2. The first-order valence-electron chi connectivity index (χ1n) is 5.51. The molecule has 6 heteroatoms. The zero-order chi connectivity index (χ0) is 13.5. The molecule has 1 aromatic carbocycles. The van der Waals surface area contributed by atoms with Gasteiger partial charge < -0.3 is 9.79 Å². The van der Waals surface area contributed by atoms with Crippen LogP contribution in [-0.4, -0.2) is 31.4 Å². The number of hydrogen-bond donors (Lipinski definition) is 1. The van der Waals surface area contributed by atoms with Gasteiger partial charge >= 0.3 is 0 Å². The molecule has 0 radical (unpaired) electrons. The van der Waals surface area contributed by atoms with Crippen molar-refractivity contribution in [3.8, 4) is 5.75 Å². The molecule has 0 spiro atoms. The Bertz CT molecular complexity index is 410. The third-order valence-electron chi connectivity index (χ3n) is 2.42. The lowest BCUT2D eigenvalue weighted by atomic mass is 10.1. The molecule has 0 atom stereocenters. The second kappa shape index (κ2) is 7.25. The summed E-state index contributed by atoms with van der Waals surface area (Å²) < 4.78 is 7.62. The lowest BCUT2D eigenvalue weighted by Gasteiger charge is -2.10. The Morgan fingerprint density at radius 1 is 1.33 bits per heavy atom. The molecule has 0 fully saturated rings. The Hall–Kier alpha value is -1.24. The fourth-order valence-corrected chi connectivity index (χ4v) is 1.44. The number of nitrogens with zero attached hydrogens (tertiary/aromatic N) is 1. The third kappa shape index (κ3) is 4.95. The second-order valence-electron chi connectivity index (χ2n) is 4.09. The summed E-state index contributed by atoms with van der Waals surface area (Å²) in [4.78, 5) is 17.8. The number of likely N-dealkylation sites (N-methyl/N-ethyl adjacent to an activating group) is 1. The lowest BCUT2D eigenvalue weighted by molar-refractivity contribution is -0.127. The maximum absolute atomic E-state index is 11.2. The molecule has 0 heterocycles. The molecule has 0 aliphatic heterocycles. The highest BCUT2D eigenvalue weighted by molar-refractivity contribution is 7.92. The monoisotopic (exact) mass is 270 g/mol. The highest BCUT2D eigenvalue weighted by atomic mass is 32.2. The molecule has 100 valence electrons. The normalized spacial score (nSPS) is 10.2. The van der Waals surface area contributed by atoms with Crippen LogP contribution in [0.15, 0.2) is 18.2 Å². The topological polar surface area (TPSA) is 50.8 Å². The van der Waals surface area contributed by atoms with Gasteiger partial charge in [0.15, 0.2) is 5.75 Å². The molecular formula is C12H18N2O3S. The number of rotatable bonds is 6. The van der Waals surface area contributed by atoms with E-state index in [4.69, 9.17) is 9.22 Å². The fourth-order valence-electron chi connectivity index (χ4n) is 1.10. The first kappa shape index (κ1) is 14.8. The van der Waals surface area contributed by atoms with E-state index in [1.165, 1.54) is 10.5 Å². The van der Waals surface area contributed by atoms with E-state index in [9.17, 15) is 4.79 Å². The van der Waals surface area contributed by atoms with Crippen molar-refractivity contribution >= 4 is 18.1 Å². The van der Waals surface area contributed by atoms with Crippen molar-refractivity contribution < 1.29 is 14.0 Å². The summed E-state index contributed by atoms with van der Waals surface area (Å²) >= 11 is 0.884. The number of hydrogen-bond acceptors (Lipinski definition) is 5. The van der Waals surface area contributed by atoms with Crippen LogP contribution in [0.5, 0.6) is 5.75 Å². The summed E-state index contributed by atoms with van der Waals surface area (Å²) in [5.41, 5.74) is 2.33. The van der Waals surface area contributed by atoms with E-state index in [1.54, 1.807) is 14.1 Å². The molecule has 1 N–H and O–H groups in total. The molecule has 0 saturated heterocycles. The standard InChI is InChI=1S/C12H18N2O3S/c1-9-5-6-11(7-10(9)2)16-17-18-13-8-12(15)14(3)4/h5-7,13H,8H2,1-4H3. The molecule has 0 aliphatic carbocycles. The van der Waals surface area contributed by atoms with Crippen LogP contribution in [0, 0.1) is 13.8 Å². The number of benzene rings is 1. The largest absolute Gasteiger partial charge is 0.348 e. The van der Waals surface area contributed by atoms with Crippen LogP contribution >= 0.6 is 12.2 Å². The summed E-state index contributed by atoms with van der Waals surface area (Å²) in [7, 11) is 3.39. The minimum absolute atomic E-state index is 0.0303. The van der Waals surface area contributed by atoms with E-state index in [-0.39, 0.29) is 12.5 Å². The van der Waals surface area contributed by atoms with Gasteiger partial charge in [-0.15, -0.1) is 0 Å². The van der Waals surface area contributed by atoms with Gasteiger partial charge in [0.05, 0.1) is 6.54 Å². The van der Waals surface area contributed by atoms with Gasteiger partial charge in [0.25, 0.3) is 0 Å². The first-order chi connectivity index (χ1) is 8.50. The predicted octanol–water partition coefficient (Wildman–Crippen LogP) is 1.85. The Morgan fingerprint density at radius 3 is 2.67 bits per heavy atom. The lowest BCUT2D eigenvalue weighted by Crippen LogP contribution is -2.30. The van der Waals surface area contributed by atoms with Crippen LogP contribution in [0.4, 0.5) is 0 Å². The summed E-state index contributed by atoms with van der Waals surface area (Å²) in [5, 5.41) is 0. The number of aryl methyl sites for hydroxylation is 2. The zero-order valence-corrected chi connectivity index (χ0v) is 11.8. The number of nitrogens with one attached hydrogen (secondary N) is 1. The summed E-state index contributed by atoms with van der Waals surface area (Å²) in [6, 6.07) is 5.68. The average molecular weight is 270 g/mol. The highest BCUT2D eigenvalue weighted by Crippen LogP contribution is 2.17. The van der Waals surface area contributed by atoms with E-state index in [0.717, 1.165) is 17.8 Å². The van der Waals surface area contributed by atoms with Crippen molar-refractivity contribution in [2.75, 3.05) is 20.6 Å². The molecule has 0 aliphatic rings. The fraction of sp³-hybridized carbons (Fsp3) is 0.417. The van der Waals surface area contributed by atoms with Gasteiger partial charge in [-0.05, 0) is 37.1 Å². The molecule has 18 heavy (non-hydrogen) atoms. The Balaban J connectivity index is 2.22. The van der Waals surface area contributed by atoms with Crippen molar-refractivity contribution in [3.63, 3.8) is 0 Å². The van der Waals surface area contributed by atoms with Crippen LogP contribution in [-0.2, 0) is 9.13 Å². The van der Waals surface area contributed by atoms with E-state index >= 15 is 0 Å². The average Bonchev–Trinajstić information content (AvgIpc) is 2.32. The molecule has 0 aromatic heterocycles. The molecule has 0 unspecified atom stereocenters. The summed E-state index contributed by atoms with van der Waals surface area (Å²) in [5.74, 6) is 0.601. The Kier molecular flexibility index (Phi) is 5.97. The third-order valence-corrected chi connectivity index (χ3v) is 2.82. The van der Waals surface area contributed by atoms with Gasteiger partial charge in [0.2, 0.25) is 5.91 Å². The number of carbonyl (C=O) groups is 1. The van der Waals surface area contributed by atoms with Crippen LogP contribution < -0.4 is 9.61 Å². The van der Waals surface area contributed by atoms with Gasteiger partial charge in [0, 0.05) is 14.1 Å². The van der Waals surface area contributed by atoms with Crippen LogP contribution in [0.25, 0.3) is 0 Å². The predicted molar refractivity (Wildman–Crippen MR) is 71.9 cm³/mol. The van der Waals surface area contributed by atoms with Crippen LogP contribution in [0.1, 0.15) is 11.1 Å². The molecule has 1 amide bonds. The van der Waals surface area contributed by atoms with E-state index in [2.05, 4.69) is 4.72 Å². The van der Waals surface area contributed by atoms with E-state index in [0.29, 0.717) is 5.75 Å². The van der Waals surface area contributed by atoms with Gasteiger partial charge in [-0.2, -0.15) is 0 Å². The minimum atomic E-state index is -0.0303. The van der Waals surface area contributed by atoms with Gasteiger partial charge in [-0.1, -0.05) is 10.4 Å². The van der Waals surface area contributed by atoms with Crippen molar-refractivity contribution in [2.45, 2.75) is 13.8 Å². The highest BCUT2D eigenvalue weighted by Gasteiger charge is 2.03. The maximum Gasteiger partial charge on any atom is 0.237 e. The van der Waals surface area contributed by atoms with Crippen molar-refractivity contribution in [1.29, 1.82) is 0 Å². The second-order valence-corrected chi connectivity index (χ2v) is 4.68. The Morgan fingerprint density at radius 2 is 2.06 bits per heavy atom. The number of amides is 1. The van der Waals surface area contributed by atoms with Gasteiger partial charge in [0.1, 0.15) is 12.2 Å². The molecule has 1 aromatic rings. The number of carbonyl (C=O) groups excluding carboxylic acids is 1.